The third kappa shape index (κ3) is 5.27. The molecule has 0 radical (unpaired) electrons. The average molecular weight is 420 g/mol. The van der Waals surface area contributed by atoms with Crippen molar-refractivity contribution < 1.29 is 27.4 Å². The number of nitrogens with zero attached hydrogens (tertiary/aromatic N) is 1. The van der Waals surface area contributed by atoms with Crippen LogP contribution in [0.5, 0.6) is 17.2 Å². The molecular formula is C20H24N2O6S. The van der Waals surface area contributed by atoms with Gasteiger partial charge in [-0.05, 0) is 42.5 Å². The van der Waals surface area contributed by atoms with Crippen LogP contribution in [0.2, 0.25) is 0 Å². The quantitative estimate of drug-likeness (QED) is 0.660. The summed E-state index contributed by atoms with van der Waals surface area (Å²) in [7, 11) is 3.72. The molecule has 1 N–H and O–H groups in total. The van der Waals surface area contributed by atoms with Gasteiger partial charge in [-0.25, -0.2) is 12.7 Å². The Morgan fingerprint density at radius 2 is 1.62 bits per heavy atom. The van der Waals surface area contributed by atoms with Gasteiger partial charge in [0.15, 0.2) is 0 Å². The molecule has 2 aromatic carbocycles. The normalized spacial score (nSPS) is 11.5. The molecule has 0 saturated carbocycles. The summed E-state index contributed by atoms with van der Waals surface area (Å²) in [6, 6.07) is 9.47. The summed E-state index contributed by atoms with van der Waals surface area (Å²) in [6.45, 7) is 0. The van der Waals surface area contributed by atoms with Gasteiger partial charge in [-0.3, -0.25) is 4.79 Å². The van der Waals surface area contributed by atoms with E-state index in [0.29, 0.717) is 22.8 Å². The highest BCUT2D eigenvalue weighted by Crippen LogP contribution is 2.29. The first-order valence-electron chi connectivity index (χ1n) is 8.54. The standard InChI is InChI=1S/C20H24N2O6S/c1-22(2)29(24,25)16-8-10-19(28-5)17(13-16)21-20(23)11-6-14-12-15(26-3)7-9-18(14)27-4/h6-13H,1-5H3,(H,21,23)/b11-6+. The smallest absolute Gasteiger partial charge is 0.248 e. The maximum absolute atomic E-state index is 12.4. The van der Waals surface area contributed by atoms with Crippen molar-refractivity contribution in [1.29, 1.82) is 0 Å². The second-order valence-corrected chi connectivity index (χ2v) is 8.23. The first-order valence-corrected chi connectivity index (χ1v) is 9.98. The zero-order valence-corrected chi connectivity index (χ0v) is 17.7. The van der Waals surface area contributed by atoms with E-state index in [1.54, 1.807) is 31.4 Å². The lowest BCUT2D eigenvalue weighted by Gasteiger charge is -2.14. The lowest BCUT2D eigenvalue weighted by molar-refractivity contribution is -0.111. The fourth-order valence-electron chi connectivity index (χ4n) is 2.47. The van der Waals surface area contributed by atoms with Crippen LogP contribution in [0.4, 0.5) is 5.69 Å². The topological polar surface area (TPSA) is 94.2 Å². The molecule has 0 spiro atoms. The van der Waals surface area contributed by atoms with Gasteiger partial charge in [-0.15, -0.1) is 0 Å². The van der Waals surface area contributed by atoms with Crippen molar-refractivity contribution in [1.82, 2.24) is 4.31 Å². The van der Waals surface area contributed by atoms with Crippen molar-refractivity contribution in [2.24, 2.45) is 0 Å². The van der Waals surface area contributed by atoms with Gasteiger partial charge in [-0.2, -0.15) is 0 Å². The van der Waals surface area contributed by atoms with Crippen molar-refractivity contribution in [3.8, 4) is 17.2 Å². The van der Waals surface area contributed by atoms with Gasteiger partial charge in [0.1, 0.15) is 17.2 Å². The minimum Gasteiger partial charge on any atom is -0.497 e. The summed E-state index contributed by atoms with van der Waals surface area (Å²) in [5.41, 5.74) is 0.889. The number of hydrogen-bond acceptors (Lipinski definition) is 6. The first-order chi connectivity index (χ1) is 13.7. The van der Waals surface area contributed by atoms with Crippen LogP contribution in [0.15, 0.2) is 47.4 Å². The molecule has 2 rings (SSSR count). The summed E-state index contributed by atoms with van der Waals surface area (Å²) >= 11 is 0. The van der Waals surface area contributed by atoms with Crippen molar-refractivity contribution in [2.75, 3.05) is 40.7 Å². The lowest BCUT2D eigenvalue weighted by Crippen LogP contribution is -2.22. The van der Waals surface area contributed by atoms with Crippen molar-refractivity contribution in [3.63, 3.8) is 0 Å². The van der Waals surface area contributed by atoms with Crippen molar-refractivity contribution in [3.05, 3.63) is 48.0 Å². The zero-order chi connectivity index (χ0) is 21.6. The Morgan fingerprint density at radius 3 is 2.21 bits per heavy atom. The van der Waals surface area contributed by atoms with E-state index in [1.807, 2.05) is 0 Å². The summed E-state index contributed by atoms with van der Waals surface area (Å²) in [5, 5.41) is 2.64. The molecule has 9 heteroatoms. The Kier molecular flexibility index (Phi) is 7.24. The highest BCUT2D eigenvalue weighted by atomic mass is 32.2. The predicted molar refractivity (Wildman–Crippen MR) is 111 cm³/mol. The molecule has 0 aliphatic rings. The molecule has 29 heavy (non-hydrogen) atoms. The van der Waals surface area contributed by atoms with Gasteiger partial charge in [0, 0.05) is 25.7 Å². The van der Waals surface area contributed by atoms with E-state index in [1.165, 1.54) is 52.6 Å². The van der Waals surface area contributed by atoms with Gasteiger partial charge in [0.25, 0.3) is 0 Å². The van der Waals surface area contributed by atoms with Crippen LogP contribution in [-0.4, -0.2) is 54.1 Å². The molecule has 156 valence electrons. The molecule has 0 atom stereocenters. The summed E-state index contributed by atoms with van der Waals surface area (Å²) in [5.74, 6) is 1.07. The van der Waals surface area contributed by atoms with Gasteiger partial charge in [0.2, 0.25) is 15.9 Å². The Bertz CT molecular complexity index is 1020. The van der Waals surface area contributed by atoms with Gasteiger partial charge in [-0.1, -0.05) is 0 Å². The van der Waals surface area contributed by atoms with E-state index in [0.717, 1.165) is 4.31 Å². The fraction of sp³-hybridized carbons (Fsp3) is 0.250. The van der Waals surface area contributed by atoms with Crippen LogP contribution in [-0.2, 0) is 14.8 Å². The van der Waals surface area contributed by atoms with Crippen LogP contribution < -0.4 is 19.5 Å². The number of benzene rings is 2. The minimum atomic E-state index is -3.65. The van der Waals surface area contributed by atoms with Crippen molar-refractivity contribution in [2.45, 2.75) is 4.90 Å². The van der Waals surface area contributed by atoms with Crippen LogP contribution in [0, 0.1) is 0 Å². The number of ether oxygens (including phenoxy) is 3. The SMILES string of the molecule is COc1ccc(OC)c(/C=C/C(=O)Nc2cc(S(=O)(=O)N(C)C)ccc2OC)c1. The molecule has 0 unspecified atom stereocenters. The number of rotatable bonds is 8. The van der Waals surface area contributed by atoms with Gasteiger partial charge >= 0.3 is 0 Å². The summed E-state index contributed by atoms with van der Waals surface area (Å²) < 4.78 is 41.5. The number of methoxy groups -OCH3 is 3. The Balaban J connectivity index is 2.30. The van der Waals surface area contributed by atoms with E-state index < -0.39 is 15.9 Å². The number of anilines is 1. The number of nitrogens with one attached hydrogen (secondary N) is 1. The molecule has 1 amide bonds. The predicted octanol–water partition coefficient (Wildman–Crippen LogP) is 2.61. The highest BCUT2D eigenvalue weighted by Gasteiger charge is 2.19. The third-order valence-corrected chi connectivity index (χ3v) is 5.87. The number of carbonyl (C=O) groups is 1. The van der Waals surface area contributed by atoms with Gasteiger partial charge < -0.3 is 19.5 Å². The molecule has 0 heterocycles. The summed E-state index contributed by atoms with van der Waals surface area (Å²) in [6.07, 6.45) is 2.88. The molecule has 0 aliphatic carbocycles. The van der Waals surface area contributed by atoms with E-state index in [9.17, 15) is 13.2 Å². The molecule has 2 aromatic rings. The fourth-order valence-corrected chi connectivity index (χ4v) is 3.39. The minimum absolute atomic E-state index is 0.0389. The maximum Gasteiger partial charge on any atom is 0.248 e. The van der Waals surface area contributed by atoms with Crippen LogP contribution >= 0.6 is 0 Å². The van der Waals surface area contributed by atoms with E-state index in [4.69, 9.17) is 14.2 Å². The molecule has 0 saturated heterocycles. The van der Waals surface area contributed by atoms with E-state index in [2.05, 4.69) is 5.32 Å². The zero-order valence-electron chi connectivity index (χ0n) is 16.9. The van der Waals surface area contributed by atoms with Gasteiger partial charge in [0.05, 0.1) is 31.9 Å². The largest absolute Gasteiger partial charge is 0.497 e. The maximum atomic E-state index is 12.4. The van der Waals surface area contributed by atoms with E-state index >= 15 is 0 Å². The first kappa shape index (κ1) is 22.3. The Morgan fingerprint density at radius 1 is 0.966 bits per heavy atom. The molecule has 0 aliphatic heterocycles. The number of amides is 1. The number of sulfonamides is 1. The molecule has 0 bridgehead atoms. The second-order valence-electron chi connectivity index (χ2n) is 6.08. The van der Waals surface area contributed by atoms with Crippen LogP contribution in [0.1, 0.15) is 5.56 Å². The molecule has 0 aromatic heterocycles. The molecule has 8 nitrogen and oxygen atoms in total. The highest BCUT2D eigenvalue weighted by molar-refractivity contribution is 7.89. The number of carbonyl (C=O) groups excluding carboxylic acids is 1. The molecule has 0 fully saturated rings. The number of hydrogen-bond donors (Lipinski definition) is 1. The second kappa shape index (κ2) is 9.44. The van der Waals surface area contributed by atoms with Crippen LogP contribution in [0.3, 0.4) is 0 Å². The third-order valence-electron chi connectivity index (χ3n) is 4.06. The summed E-state index contributed by atoms with van der Waals surface area (Å²) in [4.78, 5) is 12.5. The molecular weight excluding hydrogens is 396 g/mol. The Labute approximate surface area is 170 Å². The average Bonchev–Trinajstić information content (AvgIpc) is 2.71. The van der Waals surface area contributed by atoms with E-state index in [-0.39, 0.29) is 10.6 Å². The monoisotopic (exact) mass is 420 g/mol. The lowest BCUT2D eigenvalue weighted by atomic mass is 10.1. The Hall–Kier alpha value is -3.04. The van der Waals surface area contributed by atoms with Crippen molar-refractivity contribution >= 4 is 27.7 Å². The van der Waals surface area contributed by atoms with Crippen LogP contribution in [0.25, 0.3) is 6.08 Å².